The summed E-state index contributed by atoms with van der Waals surface area (Å²) in [7, 11) is 1.66. The molecule has 1 aliphatic heterocycles. The number of rotatable bonds is 5. The lowest BCUT2D eigenvalue weighted by molar-refractivity contribution is 0.0999. The van der Waals surface area contributed by atoms with Crippen LogP contribution in [0.1, 0.15) is 15.9 Å². The maximum absolute atomic E-state index is 11.4. The first-order valence-corrected chi connectivity index (χ1v) is 6.59. The highest BCUT2D eigenvalue weighted by atomic mass is 16.5. The van der Waals surface area contributed by atoms with Crippen LogP contribution in [0.25, 0.3) is 0 Å². The zero-order valence-electron chi connectivity index (χ0n) is 11.3. The third kappa shape index (κ3) is 3.45. The topological polar surface area (TPSA) is 67.6 Å². The molecule has 2 rings (SSSR count). The molecule has 19 heavy (non-hydrogen) atoms. The van der Waals surface area contributed by atoms with E-state index in [1.54, 1.807) is 7.11 Å². The third-order valence-electron chi connectivity index (χ3n) is 3.41. The van der Waals surface area contributed by atoms with Gasteiger partial charge in [0.2, 0.25) is 5.91 Å². The zero-order valence-corrected chi connectivity index (χ0v) is 11.3. The molecular formula is C14H21N3O2. The van der Waals surface area contributed by atoms with E-state index in [0.717, 1.165) is 37.4 Å². The normalized spacial score (nSPS) is 15.5. The van der Waals surface area contributed by atoms with E-state index in [-0.39, 0.29) is 5.91 Å². The quantitative estimate of drug-likeness (QED) is 0.806. The van der Waals surface area contributed by atoms with E-state index in [9.17, 15) is 4.79 Å². The molecule has 1 saturated heterocycles. The number of benzene rings is 1. The zero-order chi connectivity index (χ0) is 13.7. The molecular weight excluding hydrogens is 242 g/mol. The Bertz CT molecular complexity index is 442. The Hall–Kier alpha value is -1.59. The minimum Gasteiger partial charge on any atom is -0.384 e. The number of hydrogen-bond donors (Lipinski definition) is 2. The van der Waals surface area contributed by atoms with Crippen molar-refractivity contribution in [3.8, 4) is 0 Å². The molecule has 0 saturated carbocycles. The molecule has 5 nitrogen and oxygen atoms in total. The average molecular weight is 263 g/mol. The molecule has 0 aromatic heterocycles. The fourth-order valence-electron chi connectivity index (χ4n) is 2.36. The van der Waals surface area contributed by atoms with E-state index in [1.807, 2.05) is 12.1 Å². The molecule has 104 valence electrons. The summed E-state index contributed by atoms with van der Waals surface area (Å²) in [6.07, 6.45) is 0.703. The summed E-state index contributed by atoms with van der Waals surface area (Å²) in [5.41, 5.74) is 8.12. The Kier molecular flexibility index (Phi) is 4.76. The molecule has 1 heterocycles. The Morgan fingerprint density at radius 2 is 2.16 bits per heavy atom. The second kappa shape index (κ2) is 6.54. The van der Waals surface area contributed by atoms with Crippen LogP contribution < -0.4 is 16.0 Å². The number of anilines is 1. The minimum absolute atomic E-state index is 0.377. The summed E-state index contributed by atoms with van der Waals surface area (Å²) < 4.78 is 5.09. The number of methoxy groups -OCH3 is 1. The van der Waals surface area contributed by atoms with Crippen molar-refractivity contribution in [1.29, 1.82) is 0 Å². The van der Waals surface area contributed by atoms with Crippen molar-refractivity contribution in [3.05, 3.63) is 29.3 Å². The molecule has 1 fully saturated rings. The average Bonchev–Trinajstić information content (AvgIpc) is 2.45. The van der Waals surface area contributed by atoms with Gasteiger partial charge >= 0.3 is 0 Å². The summed E-state index contributed by atoms with van der Waals surface area (Å²) in [5.74, 6) is -0.377. The number of carbonyl (C=O) groups excluding carboxylic acids is 1. The molecule has 0 radical (unpaired) electrons. The van der Waals surface area contributed by atoms with E-state index in [2.05, 4.69) is 16.3 Å². The fourth-order valence-corrected chi connectivity index (χ4v) is 2.36. The van der Waals surface area contributed by atoms with Crippen molar-refractivity contribution in [2.24, 2.45) is 5.73 Å². The van der Waals surface area contributed by atoms with Gasteiger partial charge in [-0.15, -0.1) is 0 Å². The van der Waals surface area contributed by atoms with Crippen LogP contribution in [-0.2, 0) is 11.2 Å². The van der Waals surface area contributed by atoms with Crippen LogP contribution in [0.3, 0.4) is 0 Å². The highest BCUT2D eigenvalue weighted by molar-refractivity contribution is 5.94. The Morgan fingerprint density at radius 1 is 1.42 bits per heavy atom. The van der Waals surface area contributed by atoms with Crippen molar-refractivity contribution >= 4 is 11.6 Å². The lowest BCUT2D eigenvalue weighted by atomic mass is 10.0. The van der Waals surface area contributed by atoms with E-state index in [1.165, 1.54) is 0 Å². The molecule has 3 N–H and O–H groups in total. The molecule has 0 spiro atoms. The van der Waals surface area contributed by atoms with Crippen molar-refractivity contribution < 1.29 is 9.53 Å². The van der Waals surface area contributed by atoms with E-state index < -0.39 is 0 Å². The smallest absolute Gasteiger partial charge is 0.248 e. The Labute approximate surface area is 113 Å². The molecule has 0 unspecified atom stereocenters. The number of carbonyl (C=O) groups is 1. The van der Waals surface area contributed by atoms with Crippen LogP contribution in [0.5, 0.6) is 0 Å². The predicted molar refractivity (Wildman–Crippen MR) is 75.6 cm³/mol. The van der Waals surface area contributed by atoms with E-state index >= 15 is 0 Å². The summed E-state index contributed by atoms with van der Waals surface area (Å²) in [4.78, 5) is 13.7. The van der Waals surface area contributed by atoms with Gasteiger partial charge in [-0.1, -0.05) is 0 Å². The summed E-state index contributed by atoms with van der Waals surface area (Å²) in [6.45, 7) is 4.54. The second-order valence-electron chi connectivity index (χ2n) is 4.69. The van der Waals surface area contributed by atoms with Crippen LogP contribution in [-0.4, -0.2) is 45.8 Å². The molecule has 0 aliphatic carbocycles. The predicted octanol–water partition coefficient (Wildman–Crippen LogP) is 0.384. The van der Waals surface area contributed by atoms with Gasteiger partial charge in [-0.3, -0.25) is 4.79 Å². The number of hydrogen-bond acceptors (Lipinski definition) is 4. The Balaban J connectivity index is 2.23. The number of piperazine rings is 1. The fraction of sp³-hybridized carbons (Fsp3) is 0.500. The first kappa shape index (κ1) is 13.8. The molecule has 1 aromatic rings. The van der Waals surface area contributed by atoms with Crippen molar-refractivity contribution in [1.82, 2.24) is 5.32 Å². The minimum atomic E-state index is -0.377. The molecule has 0 atom stereocenters. The molecule has 0 bridgehead atoms. The number of amides is 1. The van der Waals surface area contributed by atoms with Crippen LogP contribution >= 0.6 is 0 Å². The van der Waals surface area contributed by atoms with Crippen LogP contribution in [0.4, 0.5) is 5.69 Å². The van der Waals surface area contributed by atoms with Crippen LogP contribution in [0.15, 0.2) is 18.2 Å². The van der Waals surface area contributed by atoms with Gasteiger partial charge in [0.25, 0.3) is 0 Å². The molecule has 1 aliphatic rings. The van der Waals surface area contributed by atoms with Crippen LogP contribution in [0.2, 0.25) is 0 Å². The monoisotopic (exact) mass is 263 g/mol. The molecule has 1 amide bonds. The molecule has 5 heteroatoms. The van der Waals surface area contributed by atoms with Gasteiger partial charge in [0, 0.05) is 44.5 Å². The largest absolute Gasteiger partial charge is 0.384 e. The summed E-state index contributed by atoms with van der Waals surface area (Å²) >= 11 is 0. The highest BCUT2D eigenvalue weighted by Gasteiger charge is 2.14. The number of nitrogens with zero attached hydrogens (tertiary/aromatic N) is 1. The lowest BCUT2D eigenvalue weighted by Crippen LogP contribution is -2.43. The summed E-state index contributed by atoms with van der Waals surface area (Å²) in [5, 5.41) is 3.33. The maximum atomic E-state index is 11.4. The molecule has 1 aromatic carbocycles. The second-order valence-corrected chi connectivity index (χ2v) is 4.69. The Morgan fingerprint density at radius 3 is 2.79 bits per heavy atom. The number of ether oxygens (including phenoxy) is 1. The lowest BCUT2D eigenvalue weighted by Gasteiger charge is -2.30. The van der Waals surface area contributed by atoms with Gasteiger partial charge in [0.05, 0.1) is 6.61 Å². The first-order chi connectivity index (χ1) is 9.22. The third-order valence-corrected chi connectivity index (χ3v) is 3.41. The van der Waals surface area contributed by atoms with Crippen molar-refractivity contribution in [3.63, 3.8) is 0 Å². The maximum Gasteiger partial charge on any atom is 0.248 e. The van der Waals surface area contributed by atoms with Gasteiger partial charge < -0.3 is 20.7 Å². The SMILES string of the molecule is COCCc1cc(N2CCNCC2)ccc1C(N)=O. The summed E-state index contributed by atoms with van der Waals surface area (Å²) in [6, 6.07) is 5.86. The van der Waals surface area contributed by atoms with Gasteiger partial charge in [0.1, 0.15) is 0 Å². The van der Waals surface area contributed by atoms with Gasteiger partial charge in [-0.05, 0) is 30.2 Å². The number of nitrogens with two attached hydrogens (primary N) is 1. The van der Waals surface area contributed by atoms with Crippen molar-refractivity contribution in [2.45, 2.75) is 6.42 Å². The van der Waals surface area contributed by atoms with Crippen molar-refractivity contribution in [2.75, 3.05) is 44.8 Å². The van der Waals surface area contributed by atoms with Gasteiger partial charge in [0.15, 0.2) is 0 Å². The standard InChI is InChI=1S/C14H21N3O2/c1-19-9-4-11-10-12(2-3-13(11)14(15)18)17-7-5-16-6-8-17/h2-3,10,16H,4-9H2,1H3,(H2,15,18). The van der Waals surface area contributed by atoms with E-state index in [0.29, 0.717) is 18.6 Å². The number of primary amides is 1. The van der Waals surface area contributed by atoms with Gasteiger partial charge in [-0.25, -0.2) is 0 Å². The van der Waals surface area contributed by atoms with E-state index in [4.69, 9.17) is 10.5 Å². The van der Waals surface area contributed by atoms with Gasteiger partial charge in [-0.2, -0.15) is 0 Å². The van der Waals surface area contributed by atoms with Crippen LogP contribution in [0, 0.1) is 0 Å². The number of nitrogens with one attached hydrogen (secondary N) is 1. The highest BCUT2D eigenvalue weighted by Crippen LogP contribution is 2.20. The first-order valence-electron chi connectivity index (χ1n) is 6.59.